The Morgan fingerprint density at radius 2 is 2.33 bits per heavy atom. The highest BCUT2D eigenvalue weighted by Gasteiger charge is 2.21. The van der Waals surface area contributed by atoms with Crippen molar-refractivity contribution in [2.45, 2.75) is 18.9 Å². The first kappa shape index (κ1) is 10.8. The highest BCUT2D eigenvalue weighted by atomic mass is 79.9. The van der Waals surface area contributed by atoms with E-state index in [1.165, 1.54) is 0 Å². The third kappa shape index (κ3) is 2.11. The molecule has 1 aromatic carbocycles. The van der Waals surface area contributed by atoms with Crippen LogP contribution in [0.3, 0.4) is 0 Å². The standard InChI is InChI=1S/C11H14BrNO2/c1-15-10-6-7(12)5-8(11(10)14)9-3-2-4-13-9/h5-6,9,13-14H,2-4H2,1H3/t9-/m0/s1. The summed E-state index contributed by atoms with van der Waals surface area (Å²) in [4.78, 5) is 0. The van der Waals surface area contributed by atoms with Gasteiger partial charge in [0.1, 0.15) is 0 Å². The first-order valence-electron chi connectivity index (χ1n) is 5.02. The van der Waals surface area contributed by atoms with Crippen LogP contribution in [-0.4, -0.2) is 18.8 Å². The highest BCUT2D eigenvalue weighted by Crippen LogP contribution is 2.39. The molecule has 15 heavy (non-hydrogen) atoms. The van der Waals surface area contributed by atoms with Gasteiger partial charge in [0, 0.05) is 16.1 Å². The van der Waals surface area contributed by atoms with Crippen molar-refractivity contribution in [3.05, 3.63) is 22.2 Å². The van der Waals surface area contributed by atoms with E-state index in [2.05, 4.69) is 21.2 Å². The molecule has 1 aliphatic heterocycles. The van der Waals surface area contributed by atoms with Gasteiger partial charge in [-0.2, -0.15) is 0 Å². The zero-order chi connectivity index (χ0) is 10.8. The summed E-state index contributed by atoms with van der Waals surface area (Å²) in [5, 5.41) is 13.3. The molecule has 0 spiro atoms. The Bertz CT molecular complexity index is 362. The zero-order valence-electron chi connectivity index (χ0n) is 8.59. The number of phenols is 1. The lowest BCUT2D eigenvalue weighted by Gasteiger charge is -2.15. The van der Waals surface area contributed by atoms with Crippen LogP contribution in [0.5, 0.6) is 11.5 Å². The average Bonchev–Trinajstić information content (AvgIpc) is 2.74. The summed E-state index contributed by atoms with van der Waals surface area (Å²) in [5.74, 6) is 0.771. The number of methoxy groups -OCH3 is 1. The third-order valence-corrected chi connectivity index (χ3v) is 3.18. The largest absolute Gasteiger partial charge is 0.504 e. The minimum Gasteiger partial charge on any atom is -0.504 e. The van der Waals surface area contributed by atoms with Gasteiger partial charge in [-0.3, -0.25) is 0 Å². The second-order valence-electron chi connectivity index (χ2n) is 3.69. The molecule has 1 aromatic rings. The maximum absolute atomic E-state index is 9.99. The average molecular weight is 272 g/mol. The predicted octanol–water partition coefficient (Wildman–Crippen LogP) is 2.59. The molecule has 0 unspecified atom stereocenters. The molecule has 0 radical (unpaired) electrons. The second-order valence-corrected chi connectivity index (χ2v) is 4.61. The topological polar surface area (TPSA) is 41.5 Å². The summed E-state index contributed by atoms with van der Waals surface area (Å²) < 4.78 is 6.05. The Kier molecular flexibility index (Phi) is 3.17. The molecule has 0 aromatic heterocycles. The minimum atomic E-state index is 0.247. The van der Waals surface area contributed by atoms with Crippen LogP contribution in [0.4, 0.5) is 0 Å². The Labute approximate surface area is 97.6 Å². The molecule has 0 bridgehead atoms. The third-order valence-electron chi connectivity index (χ3n) is 2.72. The fourth-order valence-corrected chi connectivity index (χ4v) is 2.42. The number of hydrogen-bond acceptors (Lipinski definition) is 3. The Morgan fingerprint density at radius 3 is 2.93 bits per heavy atom. The minimum absolute atomic E-state index is 0.247. The van der Waals surface area contributed by atoms with Gasteiger partial charge in [0.15, 0.2) is 11.5 Å². The van der Waals surface area contributed by atoms with Crippen LogP contribution in [0.2, 0.25) is 0 Å². The van der Waals surface area contributed by atoms with Gasteiger partial charge in [-0.25, -0.2) is 0 Å². The van der Waals surface area contributed by atoms with E-state index in [9.17, 15) is 5.11 Å². The van der Waals surface area contributed by atoms with E-state index in [1.54, 1.807) is 13.2 Å². The van der Waals surface area contributed by atoms with Gasteiger partial charge in [0.25, 0.3) is 0 Å². The van der Waals surface area contributed by atoms with Crippen molar-refractivity contribution in [1.29, 1.82) is 0 Å². The number of nitrogens with one attached hydrogen (secondary N) is 1. The van der Waals surface area contributed by atoms with Crippen LogP contribution >= 0.6 is 15.9 Å². The lowest BCUT2D eigenvalue weighted by Crippen LogP contribution is -2.13. The van der Waals surface area contributed by atoms with Gasteiger partial charge < -0.3 is 15.2 Å². The lowest BCUT2D eigenvalue weighted by molar-refractivity contribution is 0.367. The fraction of sp³-hybridized carbons (Fsp3) is 0.455. The molecule has 0 saturated carbocycles. The van der Waals surface area contributed by atoms with Crippen LogP contribution in [0.25, 0.3) is 0 Å². The van der Waals surface area contributed by atoms with Crippen LogP contribution in [-0.2, 0) is 0 Å². The number of hydrogen-bond donors (Lipinski definition) is 2. The van der Waals surface area contributed by atoms with E-state index in [0.29, 0.717) is 5.75 Å². The number of aromatic hydroxyl groups is 1. The summed E-state index contributed by atoms with van der Waals surface area (Å²) in [6.07, 6.45) is 2.21. The van der Waals surface area contributed by atoms with E-state index in [1.807, 2.05) is 6.07 Å². The van der Waals surface area contributed by atoms with Gasteiger partial charge >= 0.3 is 0 Å². The molecule has 1 heterocycles. The van der Waals surface area contributed by atoms with Crippen molar-refractivity contribution in [2.75, 3.05) is 13.7 Å². The van der Waals surface area contributed by atoms with Crippen molar-refractivity contribution in [2.24, 2.45) is 0 Å². The van der Waals surface area contributed by atoms with Crippen molar-refractivity contribution < 1.29 is 9.84 Å². The van der Waals surface area contributed by atoms with E-state index in [0.717, 1.165) is 29.4 Å². The van der Waals surface area contributed by atoms with Crippen LogP contribution in [0.1, 0.15) is 24.4 Å². The predicted molar refractivity (Wildman–Crippen MR) is 62.3 cm³/mol. The number of halogens is 1. The van der Waals surface area contributed by atoms with E-state index < -0.39 is 0 Å². The monoisotopic (exact) mass is 271 g/mol. The lowest BCUT2D eigenvalue weighted by atomic mass is 10.0. The summed E-state index contributed by atoms with van der Waals surface area (Å²) in [6.45, 7) is 1.01. The Morgan fingerprint density at radius 1 is 1.53 bits per heavy atom. The summed E-state index contributed by atoms with van der Waals surface area (Å²) in [7, 11) is 1.56. The summed E-state index contributed by atoms with van der Waals surface area (Å²) >= 11 is 3.42. The first-order valence-corrected chi connectivity index (χ1v) is 5.81. The molecule has 1 aliphatic rings. The van der Waals surface area contributed by atoms with E-state index in [4.69, 9.17) is 4.74 Å². The highest BCUT2D eigenvalue weighted by molar-refractivity contribution is 9.10. The first-order chi connectivity index (χ1) is 7.22. The molecule has 0 amide bonds. The molecule has 0 aliphatic carbocycles. The molecule has 2 rings (SSSR count). The number of rotatable bonds is 2. The molecule has 1 saturated heterocycles. The molecular formula is C11H14BrNO2. The van der Waals surface area contributed by atoms with Crippen molar-refractivity contribution in [1.82, 2.24) is 5.32 Å². The fourth-order valence-electron chi connectivity index (χ4n) is 1.97. The van der Waals surface area contributed by atoms with E-state index in [-0.39, 0.29) is 11.8 Å². The summed E-state index contributed by atoms with van der Waals surface area (Å²) in [5.41, 5.74) is 0.915. The molecular weight excluding hydrogens is 258 g/mol. The van der Waals surface area contributed by atoms with Crippen LogP contribution < -0.4 is 10.1 Å². The molecule has 82 valence electrons. The SMILES string of the molecule is COc1cc(Br)cc([C@@H]2CCCN2)c1O. The van der Waals surface area contributed by atoms with Crippen LogP contribution in [0.15, 0.2) is 16.6 Å². The van der Waals surface area contributed by atoms with Crippen LogP contribution in [0, 0.1) is 0 Å². The second kappa shape index (κ2) is 4.41. The molecule has 3 nitrogen and oxygen atoms in total. The van der Waals surface area contributed by atoms with Gasteiger partial charge in [-0.05, 0) is 31.5 Å². The van der Waals surface area contributed by atoms with Crippen molar-refractivity contribution in [3.63, 3.8) is 0 Å². The van der Waals surface area contributed by atoms with Gasteiger partial charge in [-0.1, -0.05) is 15.9 Å². The summed E-state index contributed by atoms with van der Waals surface area (Å²) in [6, 6.07) is 3.96. The number of benzene rings is 1. The zero-order valence-corrected chi connectivity index (χ0v) is 10.2. The van der Waals surface area contributed by atoms with Gasteiger partial charge in [-0.15, -0.1) is 0 Å². The Hall–Kier alpha value is -0.740. The number of ether oxygens (including phenoxy) is 1. The molecule has 2 N–H and O–H groups in total. The van der Waals surface area contributed by atoms with Gasteiger partial charge in [0.2, 0.25) is 0 Å². The van der Waals surface area contributed by atoms with Crippen molar-refractivity contribution in [3.8, 4) is 11.5 Å². The normalized spacial score (nSPS) is 20.5. The Balaban J connectivity index is 2.40. The molecule has 1 atom stereocenters. The van der Waals surface area contributed by atoms with Gasteiger partial charge in [0.05, 0.1) is 7.11 Å². The molecule has 1 fully saturated rings. The quantitative estimate of drug-likeness (QED) is 0.869. The maximum atomic E-state index is 9.99. The smallest absolute Gasteiger partial charge is 0.162 e. The van der Waals surface area contributed by atoms with E-state index >= 15 is 0 Å². The molecule has 4 heteroatoms. The van der Waals surface area contributed by atoms with Crippen molar-refractivity contribution >= 4 is 15.9 Å². The number of phenolic OH excluding ortho intramolecular Hbond substituents is 1. The maximum Gasteiger partial charge on any atom is 0.162 e.